The highest BCUT2D eigenvalue weighted by atomic mass is 15.2. The first kappa shape index (κ1) is 16.3. The Morgan fingerprint density at radius 1 is 0.571 bits per heavy atom. The number of nitrogens with zero attached hydrogens (tertiary/aromatic N) is 4. The third kappa shape index (κ3) is 2.50. The van der Waals surface area contributed by atoms with Crippen molar-refractivity contribution in [3.63, 3.8) is 0 Å². The summed E-state index contributed by atoms with van der Waals surface area (Å²) in [5, 5.41) is 9.68. The minimum atomic E-state index is 0.992. The number of hydrogen-bond acceptors (Lipinski definition) is 4. The molecule has 2 aromatic rings. The summed E-state index contributed by atoms with van der Waals surface area (Å²) < 4.78 is 0. The Kier molecular flexibility index (Phi) is 3.78. The van der Waals surface area contributed by atoms with Crippen LogP contribution >= 0.6 is 0 Å². The van der Waals surface area contributed by atoms with Gasteiger partial charge in [0.15, 0.2) is 0 Å². The predicted molar refractivity (Wildman–Crippen MR) is 116 cm³/mol. The van der Waals surface area contributed by atoms with Crippen molar-refractivity contribution in [2.24, 2.45) is 10.2 Å². The van der Waals surface area contributed by atoms with E-state index >= 15 is 0 Å². The fraction of sp³-hybridized carbons (Fsp3) is 0.417. The number of para-hydroxylation sites is 2. The van der Waals surface area contributed by atoms with E-state index in [1.54, 1.807) is 0 Å². The molecule has 0 N–H and O–H groups in total. The summed E-state index contributed by atoms with van der Waals surface area (Å²) in [6.07, 6.45) is 6.89. The topological polar surface area (TPSA) is 31.2 Å². The van der Waals surface area contributed by atoms with Gasteiger partial charge in [-0.05, 0) is 36.8 Å². The number of anilines is 2. The van der Waals surface area contributed by atoms with Gasteiger partial charge < -0.3 is 9.80 Å². The molecule has 0 saturated heterocycles. The van der Waals surface area contributed by atoms with Crippen molar-refractivity contribution in [1.82, 2.24) is 0 Å². The molecule has 0 aromatic heterocycles. The van der Waals surface area contributed by atoms with E-state index in [2.05, 4.69) is 46.2 Å². The summed E-state index contributed by atoms with van der Waals surface area (Å²) in [7, 11) is 0. The van der Waals surface area contributed by atoms with Crippen LogP contribution < -0.4 is 9.80 Å². The van der Waals surface area contributed by atoms with Gasteiger partial charge in [0.05, 0.1) is 11.4 Å². The van der Waals surface area contributed by atoms with E-state index in [1.165, 1.54) is 72.4 Å². The predicted octanol–water partition coefficient (Wildman–Crippen LogP) is 4.19. The zero-order valence-corrected chi connectivity index (χ0v) is 16.3. The molecule has 0 spiro atoms. The molecule has 6 rings (SSSR count). The van der Waals surface area contributed by atoms with Gasteiger partial charge in [-0.3, -0.25) is 0 Å². The molecule has 0 amide bonds. The first-order valence-corrected chi connectivity index (χ1v) is 10.8. The molecule has 0 saturated carbocycles. The Morgan fingerprint density at radius 2 is 1.07 bits per heavy atom. The Morgan fingerprint density at radius 3 is 1.57 bits per heavy atom. The molecule has 4 heterocycles. The van der Waals surface area contributed by atoms with E-state index in [0.29, 0.717) is 0 Å². The van der Waals surface area contributed by atoms with Crippen LogP contribution in [0.5, 0.6) is 0 Å². The lowest BCUT2D eigenvalue weighted by Gasteiger charge is -2.37. The summed E-state index contributed by atoms with van der Waals surface area (Å²) in [5.41, 5.74) is 10.7. The molecule has 4 aliphatic rings. The van der Waals surface area contributed by atoms with Gasteiger partial charge in [-0.25, -0.2) is 0 Å². The van der Waals surface area contributed by atoms with Crippen molar-refractivity contribution in [3.8, 4) is 0 Å². The second kappa shape index (κ2) is 6.47. The molecule has 0 atom stereocenters. The quantitative estimate of drug-likeness (QED) is 0.705. The normalized spacial score (nSPS) is 23.0. The van der Waals surface area contributed by atoms with E-state index in [0.717, 1.165) is 37.4 Å². The molecule has 2 aromatic carbocycles. The average Bonchev–Trinajstić information content (AvgIpc) is 2.75. The molecule has 0 radical (unpaired) electrons. The third-order valence-electron chi connectivity index (χ3n) is 6.77. The minimum absolute atomic E-state index is 0.992. The van der Waals surface area contributed by atoms with Crippen LogP contribution in [-0.2, 0) is 12.8 Å². The van der Waals surface area contributed by atoms with Crippen molar-refractivity contribution in [3.05, 3.63) is 58.7 Å². The summed E-state index contributed by atoms with van der Waals surface area (Å²) >= 11 is 0. The monoisotopic (exact) mass is 370 g/mol. The molecule has 4 aliphatic heterocycles. The Hall–Kier alpha value is -2.62. The van der Waals surface area contributed by atoms with E-state index < -0.39 is 0 Å². The van der Waals surface area contributed by atoms with Crippen molar-refractivity contribution < 1.29 is 0 Å². The Bertz CT molecular complexity index is 922. The van der Waals surface area contributed by atoms with Crippen molar-refractivity contribution in [2.45, 2.75) is 38.5 Å². The van der Waals surface area contributed by atoms with E-state index in [1.807, 2.05) is 0 Å². The summed E-state index contributed by atoms with van der Waals surface area (Å²) in [6.45, 7) is 4.50. The smallest absolute Gasteiger partial charge is 0.0741 e. The third-order valence-corrected chi connectivity index (χ3v) is 6.77. The van der Waals surface area contributed by atoms with Crippen LogP contribution in [0.1, 0.15) is 47.9 Å². The fourth-order valence-corrected chi connectivity index (χ4v) is 5.47. The molecule has 0 bridgehead atoms. The average molecular weight is 371 g/mol. The SMILES string of the molecule is c1cc2c3c(c1)C(=NN=C1CCN4CCCc5cccc1c54)CCN3CCC2. The highest BCUT2D eigenvalue weighted by molar-refractivity contribution is 6.10. The zero-order valence-electron chi connectivity index (χ0n) is 16.3. The van der Waals surface area contributed by atoms with Crippen molar-refractivity contribution >= 4 is 22.8 Å². The minimum Gasteiger partial charge on any atom is -0.370 e. The standard InChI is InChI=1S/C24H26N4/c1-5-17-7-3-13-27-15-11-21(19(9-1)23(17)27)25-26-22-12-16-28-14-4-8-18-6-2-10-20(22)24(18)28/h1-2,5-6,9-10H,3-4,7-8,11-16H2. The first-order valence-electron chi connectivity index (χ1n) is 10.8. The van der Waals surface area contributed by atoms with E-state index in [9.17, 15) is 0 Å². The Balaban J connectivity index is 1.41. The Labute approximate surface area is 166 Å². The van der Waals surface area contributed by atoms with Gasteiger partial charge >= 0.3 is 0 Å². The second-order valence-electron chi connectivity index (χ2n) is 8.40. The molecule has 142 valence electrons. The summed E-state index contributed by atoms with van der Waals surface area (Å²) in [6, 6.07) is 13.4. The maximum Gasteiger partial charge on any atom is 0.0741 e. The molecule has 0 aliphatic carbocycles. The lowest BCUT2D eigenvalue weighted by atomic mass is 9.91. The van der Waals surface area contributed by atoms with Gasteiger partial charge in [0, 0.05) is 61.5 Å². The molecular formula is C24H26N4. The lowest BCUT2D eigenvalue weighted by Crippen LogP contribution is -2.37. The van der Waals surface area contributed by atoms with Gasteiger partial charge in [-0.2, -0.15) is 10.2 Å². The molecule has 4 heteroatoms. The van der Waals surface area contributed by atoms with Crippen molar-refractivity contribution in [2.75, 3.05) is 36.0 Å². The number of benzene rings is 2. The molecule has 0 fully saturated rings. The molecule has 28 heavy (non-hydrogen) atoms. The number of hydrogen-bond donors (Lipinski definition) is 0. The molecule has 4 nitrogen and oxygen atoms in total. The fourth-order valence-electron chi connectivity index (χ4n) is 5.47. The van der Waals surface area contributed by atoms with E-state index in [-0.39, 0.29) is 0 Å². The number of aryl methyl sites for hydroxylation is 2. The van der Waals surface area contributed by atoms with Gasteiger partial charge in [-0.15, -0.1) is 0 Å². The summed E-state index contributed by atoms with van der Waals surface area (Å²) in [4.78, 5) is 5.10. The van der Waals surface area contributed by atoms with Crippen LogP contribution in [0.3, 0.4) is 0 Å². The van der Waals surface area contributed by atoms with Gasteiger partial charge in [0.2, 0.25) is 0 Å². The van der Waals surface area contributed by atoms with Crippen LogP contribution in [-0.4, -0.2) is 37.6 Å². The van der Waals surface area contributed by atoms with Gasteiger partial charge in [-0.1, -0.05) is 36.4 Å². The zero-order chi connectivity index (χ0) is 18.5. The highest BCUT2D eigenvalue weighted by Crippen LogP contribution is 2.37. The maximum absolute atomic E-state index is 4.84. The maximum atomic E-state index is 4.84. The molecular weight excluding hydrogens is 344 g/mol. The van der Waals surface area contributed by atoms with Crippen LogP contribution in [0.15, 0.2) is 46.6 Å². The van der Waals surface area contributed by atoms with E-state index in [4.69, 9.17) is 10.2 Å². The van der Waals surface area contributed by atoms with Crippen molar-refractivity contribution in [1.29, 1.82) is 0 Å². The van der Waals surface area contributed by atoms with Crippen LogP contribution in [0.2, 0.25) is 0 Å². The lowest BCUT2D eigenvalue weighted by molar-refractivity contribution is 0.686. The van der Waals surface area contributed by atoms with Gasteiger partial charge in [0.25, 0.3) is 0 Å². The molecule has 0 unspecified atom stereocenters. The van der Waals surface area contributed by atoms with Crippen LogP contribution in [0, 0.1) is 0 Å². The van der Waals surface area contributed by atoms with Crippen LogP contribution in [0.4, 0.5) is 11.4 Å². The summed E-state index contributed by atoms with van der Waals surface area (Å²) in [5.74, 6) is 0. The second-order valence-corrected chi connectivity index (χ2v) is 8.40. The largest absolute Gasteiger partial charge is 0.370 e. The number of rotatable bonds is 1. The first-order chi connectivity index (χ1) is 13.9. The van der Waals surface area contributed by atoms with Crippen LogP contribution in [0.25, 0.3) is 0 Å². The van der Waals surface area contributed by atoms with Gasteiger partial charge in [0.1, 0.15) is 0 Å². The highest BCUT2D eigenvalue weighted by Gasteiger charge is 2.28.